The minimum atomic E-state index is 0.729. The van der Waals surface area contributed by atoms with Crippen LogP contribution < -0.4 is 0 Å². The zero-order chi connectivity index (χ0) is 8.10. The average Bonchev–Trinajstić information content (AvgIpc) is 2.52. The lowest BCUT2D eigenvalue weighted by Crippen LogP contribution is -1.91. The van der Waals surface area contributed by atoms with Crippen LogP contribution in [0.3, 0.4) is 0 Å². The molecule has 64 valence electrons. The summed E-state index contributed by atoms with van der Waals surface area (Å²) in [5.74, 6) is 1.58. The van der Waals surface area contributed by atoms with Crippen molar-refractivity contribution in [1.82, 2.24) is 0 Å². The Hall–Kier alpha value is 0.0300. The third-order valence-corrected chi connectivity index (χ3v) is 2.84. The summed E-state index contributed by atoms with van der Waals surface area (Å²) < 4.78 is 0. The Balaban J connectivity index is 2.40. The van der Waals surface area contributed by atoms with Gasteiger partial charge >= 0.3 is 0 Å². The van der Waals surface area contributed by atoms with Gasteiger partial charge in [-0.15, -0.1) is 11.6 Å². The maximum absolute atomic E-state index is 5.78. The molecule has 0 nitrogen and oxygen atoms in total. The Morgan fingerprint density at radius 3 is 2.55 bits per heavy atom. The Kier molecular flexibility index (Phi) is 3.99. The molecule has 0 radical (unpaired) electrons. The van der Waals surface area contributed by atoms with Crippen molar-refractivity contribution < 1.29 is 0 Å². The maximum atomic E-state index is 5.78. The van der Waals surface area contributed by atoms with Crippen LogP contribution in [-0.4, -0.2) is 5.88 Å². The fourth-order valence-corrected chi connectivity index (χ4v) is 1.99. The van der Waals surface area contributed by atoms with Gasteiger partial charge in [-0.3, -0.25) is 0 Å². The summed E-state index contributed by atoms with van der Waals surface area (Å²) in [7, 11) is 0. The minimum Gasteiger partial charge on any atom is -0.122 e. The van der Waals surface area contributed by atoms with Crippen molar-refractivity contribution in [2.24, 2.45) is 5.92 Å². The molecule has 0 atom stereocenters. The van der Waals surface area contributed by atoms with Gasteiger partial charge in [0.2, 0.25) is 0 Å². The summed E-state index contributed by atoms with van der Waals surface area (Å²) in [6.45, 7) is 2.18. The van der Waals surface area contributed by atoms with E-state index in [2.05, 4.69) is 13.0 Å². The lowest BCUT2D eigenvalue weighted by molar-refractivity contribution is 0.677. The first-order valence-corrected chi connectivity index (χ1v) is 5.15. The molecule has 0 unspecified atom stereocenters. The topological polar surface area (TPSA) is 0 Å². The average molecular weight is 173 g/mol. The molecule has 0 N–H and O–H groups in total. The molecule has 1 saturated carbocycles. The Morgan fingerprint density at radius 1 is 1.45 bits per heavy atom. The highest BCUT2D eigenvalue weighted by atomic mass is 35.5. The van der Waals surface area contributed by atoms with Gasteiger partial charge in [-0.25, -0.2) is 0 Å². The van der Waals surface area contributed by atoms with Gasteiger partial charge in [0.1, 0.15) is 0 Å². The van der Waals surface area contributed by atoms with Crippen LogP contribution >= 0.6 is 11.6 Å². The molecule has 0 aromatic carbocycles. The molecule has 0 amide bonds. The minimum absolute atomic E-state index is 0.729. The highest BCUT2D eigenvalue weighted by molar-refractivity contribution is 6.19. The van der Waals surface area contributed by atoms with E-state index in [-0.39, 0.29) is 0 Å². The molecule has 1 rings (SSSR count). The highest BCUT2D eigenvalue weighted by Gasteiger charge is 2.12. The number of hydrogen-bond acceptors (Lipinski definition) is 0. The number of allylic oxidation sites excluding steroid dienone is 2. The molecule has 11 heavy (non-hydrogen) atoms. The van der Waals surface area contributed by atoms with Crippen LogP contribution in [0.2, 0.25) is 0 Å². The van der Waals surface area contributed by atoms with E-state index in [9.17, 15) is 0 Å². The van der Waals surface area contributed by atoms with E-state index in [4.69, 9.17) is 11.6 Å². The molecule has 0 saturated heterocycles. The number of hydrogen-bond donors (Lipinski definition) is 0. The van der Waals surface area contributed by atoms with Crippen LogP contribution in [0.4, 0.5) is 0 Å². The molecular weight excluding hydrogens is 156 g/mol. The van der Waals surface area contributed by atoms with Crippen molar-refractivity contribution in [2.45, 2.75) is 39.0 Å². The smallest absolute Gasteiger partial charge is 0.0433 e. The van der Waals surface area contributed by atoms with E-state index in [1.165, 1.54) is 31.3 Å². The summed E-state index contributed by atoms with van der Waals surface area (Å²) in [5, 5.41) is 0. The van der Waals surface area contributed by atoms with Crippen molar-refractivity contribution in [2.75, 3.05) is 5.88 Å². The fourth-order valence-electron chi connectivity index (χ4n) is 1.71. The summed E-state index contributed by atoms with van der Waals surface area (Å²) in [6.07, 6.45) is 9.14. The largest absolute Gasteiger partial charge is 0.122 e. The first-order chi connectivity index (χ1) is 5.36. The molecule has 0 aromatic rings. The van der Waals surface area contributed by atoms with Crippen LogP contribution in [0.1, 0.15) is 39.0 Å². The summed E-state index contributed by atoms with van der Waals surface area (Å²) in [5.41, 5.74) is 1.43. The summed E-state index contributed by atoms with van der Waals surface area (Å²) in [4.78, 5) is 0. The number of halogens is 1. The molecule has 0 aromatic heterocycles. The molecule has 0 aliphatic heterocycles. The maximum Gasteiger partial charge on any atom is 0.0433 e. The first-order valence-electron chi connectivity index (χ1n) is 4.62. The molecule has 1 aliphatic rings. The van der Waals surface area contributed by atoms with E-state index < -0.39 is 0 Å². The number of alkyl halides is 1. The molecule has 0 spiro atoms. The fraction of sp³-hybridized carbons (Fsp3) is 0.800. The predicted octanol–water partition coefficient (Wildman–Crippen LogP) is 3.75. The zero-order valence-electron chi connectivity index (χ0n) is 7.28. The number of rotatable bonds is 3. The van der Waals surface area contributed by atoms with E-state index in [1.807, 2.05) is 0 Å². The molecular formula is C10H17Cl. The third kappa shape index (κ3) is 2.86. The van der Waals surface area contributed by atoms with Crippen molar-refractivity contribution in [1.29, 1.82) is 0 Å². The first kappa shape index (κ1) is 9.12. The van der Waals surface area contributed by atoms with Crippen molar-refractivity contribution in [3.63, 3.8) is 0 Å². The third-order valence-electron chi connectivity index (χ3n) is 2.50. The summed E-state index contributed by atoms with van der Waals surface area (Å²) >= 11 is 5.78. The van der Waals surface area contributed by atoms with Crippen molar-refractivity contribution in [3.8, 4) is 0 Å². The van der Waals surface area contributed by atoms with Crippen LogP contribution in [0.25, 0.3) is 0 Å². The van der Waals surface area contributed by atoms with Crippen molar-refractivity contribution in [3.05, 3.63) is 11.6 Å². The van der Waals surface area contributed by atoms with Gasteiger partial charge < -0.3 is 0 Å². The van der Waals surface area contributed by atoms with E-state index in [0.29, 0.717) is 0 Å². The molecule has 0 heterocycles. The standard InChI is InChI=1S/C10H17Cl/c1-2-9(8-11)7-10-5-3-4-6-10/h7,10H,2-6,8H2,1H3/b9-7+. The van der Waals surface area contributed by atoms with Gasteiger partial charge in [-0.05, 0) is 25.2 Å². The zero-order valence-corrected chi connectivity index (χ0v) is 8.03. The Bertz CT molecular complexity index is 126. The quantitative estimate of drug-likeness (QED) is 0.449. The highest BCUT2D eigenvalue weighted by Crippen LogP contribution is 2.27. The van der Waals surface area contributed by atoms with Gasteiger partial charge in [-0.2, -0.15) is 0 Å². The summed E-state index contributed by atoms with van der Waals surface area (Å²) in [6, 6.07) is 0. The molecule has 1 fully saturated rings. The molecule has 1 heteroatoms. The Morgan fingerprint density at radius 2 is 2.09 bits per heavy atom. The SMILES string of the molecule is CC/C(=C\C1CCCC1)CCl. The van der Waals surface area contributed by atoms with Crippen LogP contribution in [-0.2, 0) is 0 Å². The lowest BCUT2D eigenvalue weighted by atomic mass is 10.0. The van der Waals surface area contributed by atoms with Gasteiger partial charge in [0.25, 0.3) is 0 Å². The molecule has 1 aliphatic carbocycles. The van der Waals surface area contributed by atoms with E-state index in [0.717, 1.165) is 18.2 Å². The van der Waals surface area contributed by atoms with Gasteiger partial charge in [0.15, 0.2) is 0 Å². The second-order valence-corrected chi connectivity index (χ2v) is 3.62. The Labute approximate surface area is 74.6 Å². The second-order valence-electron chi connectivity index (χ2n) is 3.36. The lowest BCUT2D eigenvalue weighted by Gasteiger charge is -2.04. The van der Waals surface area contributed by atoms with Gasteiger partial charge in [0, 0.05) is 5.88 Å². The predicted molar refractivity (Wildman–Crippen MR) is 51.1 cm³/mol. The van der Waals surface area contributed by atoms with Crippen molar-refractivity contribution >= 4 is 11.6 Å². The van der Waals surface area contributed by atoms with E-state index in [1.54, 1.807) is 0 Å². The normalized spacial score (nSPS) is 21.1. The van der Waals surface area contributed by atoms with Gasteiger partial charge in [-0.1, -0.05) is 31.4 Å². The molecule has 0 bridgehead atoms. The van der Waals surface area contributed by atoms with Crippen LogP contribution in [0.15, 0.2) is 11.6 Å². The van der Waals surface area contributed by atoms with Gasteiger partial charge in [0.05, 0.1) is 0 Å². The second kappa shape index (κ2) is 4.82. The van der Waals surface area contributed by atoms with Crippen LogP contribution in [0, 0.1) is 5.92 Å². The monoisotopic (exact) mass is 172 g/mol. The van der Waals surface area contributed by atoms with Crippen LogP contribution in [0.5, 0.6) is 0 Å². The van der Waals surface area contributed by atoms with E-state index >= 15 is 0 Å².